The maximum Gasteiger partial charge on any atom is 0.303 e. The molecule has 0 spiro atoms. The number of hydrogen-bond donors (Lipinski definition) is 1. The van der Waals surface area contributed by atoms with Crippen molar-refractivity contribution < 1.29 is 14.6 Å². The first-order chi connectivity index (χ1) is 9.25. The maximum absolute atomic E-state index is 10.8. The molecule has 0 saturated carbocycles. The molecule has 0 atom stereocenters. The minimum absolute atomic E-state index is 0.0947. The molecule has 3 rings (SSSR count). The molecule has 0 radical (unpaired) electrons. The fourth-order valence-electron chi connectivity index (χ4n) is 2.59. The van der Waals surface area contributed by atoms with Crippen LogP contribution < -0.4 is 4.74 Å². The Bertz CT molecular complexity index is 573. The summed E-state index contributed by atoms with van der Waals surface area (Å²) < 4.78 is 5.87. The summed E-state index contributed by atoms with van der Waals surface area (Å²) in [4.78, 5) is 10.8. The van der Waals surface area contributed by atoms with Gasteiger partial charge in [-0.1, -0.05) is 36.4 Å². The van der Waals surface area contributed by atoms with Gasteiger partial charge in [-0.05, 0) is 18.6 Å². The lowest BCUT2D eigenvalue weighted by atomic mass is 9.85. The predicted octanol–water partition coefficient (Wildman–Crippen LogP) is 3.79. The standard InChI is InChI=1S/C16H14O3/c17-16(18)10-9-11-12-5-1-3-7-14(12)19-15-8-4-2-6-13(11)15/h1-8,11H,9-10H2,(H,17,18). The van der Waals surface area contributed by atoms with Crippen molar-refractivity contribution in [3.05, 3.63) is 59.7 Å². The zero-order valence-electron chi connectivity index (χ0n) is 10.4. The van der Waals surface area contributed by atoms with E-state index >= 15 is 0 Å². The number of hydrogen-bond acceptors (Lipinski definition) is 2. The van der Waals surface area contributed by atoms with Gasteiger partial charge in [0.1, 0.15) is 11.5 Å². The number of benzene rings is 2. The molecular formula is C16H14O3. The summed E-state index contributed by atoms with van der Waals surface area (Å²) in [6.45, 7) is 0. The van der Waals surface area contributed by atoms with Crippen molar-refractivity contribution in [3.63, 3.8) is 0 Å². The molecule has 2 aromatic carbocycles. The SMILES string of the molecule is O=C(O)CCC1c2ccccc2Oc2ccccc21. The Kier molecular flexibility index (Phi) is 2.95. The van der Waals surface area contributed by atoms with Crippen LogP contribution in [0.15, 0.2) is 48.5 Å². The number of carboxylic acids is 1. The van der Waals surface area contributed by atoms with E-state index in [-0.39, 0.29) is 12.3 Å². The normalized spacial score (nSPS) is 13.3. The van der Waals surface area contributed by atoms with Crippen LogP contribution in [0.2, 0.25) is 0 Å². The van der Waals surface area contributed by atoms with Crippen LogP contribution in [0.25, 0.3) is 0 Å². The molecule has 1 aliphatic rings. The first-order valence-electron chi connectivity index (χ1n) is 6.33. The third kappa shape index (κ3) is 2.19. The van der Waals surface area contributed by atoms with E-state index < -0.39 is 5.97 Å². The van der Waals surface area contributed by atoms with E-state index in [2.05, 4.69) is 0 Å². The quantitative estimate of drug-likeness (QED) is 0.906. The highest BCUT2D eigenvalue weighted by Crippen LogP contribution is 2.45. The number of aliphatic carboxylic acids is 1. The second kappa shape index (κ2) is 4.76. The number of rotatable bonds is 3. The van der Waals surface area contributed by atoms with Gasteiger partial charge in [0.25, 0.3) is 0 Å². The van der Waals surface area contributed by atoms with E-state index in [1.165, 1.54) is 0 Å². The van der Waals surface area contributed by atoms with Crippen LogP contribution in [0.1, 0.15) is 29.9 Å². The molecule has 1 aliphatic heterocycles. The Morgan fingerprint density at radius 2 is 1.53 bits per heavy atom. The Labute approximate surface area is 111 Å². The van der Waals surface area contributed by atoms with Gasteiger partial charge in [-0.25, -0.2) is 0 Å². The summed E-state index contributed by atoms with van der Waals surface area (Å²) in [6.07, 6.45) is 0.750. The van der Waals surface area contributed by atoms with Gasteiger partial charge in [0.15, 0.2) is 0 Å². The van der Waals surface area contributed by atoms with Gasteiger partial charge in [0.05, 0.1) is 0 Å². The first kappa shape index (κ1) is 11.8. The van der Waals surface area contributed by atoms with Crippen molar-refractivity contribution in [2.24, 2.45) is 0 Å². The summed E-state index contributed by atoms with van der Waals surface area (Å²) in [5.41, 5.74) is 2.14. The molecule has 2 aromatic rings. The lowest BCUT2D eigenvalue weighted by molar-refractivity contribution is -0.137. The molecule has 0 aliphatic carbocycles. The van der Waals surface area contributed by atoms with Crippen LogP contribution >= 0.6 is 0 Å². The summed E-state index contributed by atoms with van der Waals surface area (Å²) in [7, 11) is 0. The van der Waals surface area contributed by atoms with E-state index in [9.17, 15) is 4.79 Å². The van der Waals surface area contributed by atoms with Gasteiger partial charge in [-0.3, -0.25) is 4.79 Å². The average molecular weight is 254 g/mol. The predicted molar refractivity (Wildman–Crippen MR) is 71.7 cm³/mol. The van der Waals surface area contributed by atoms with Crippen LogP contribution in [-0.4, -0.2) is 11.1 Å². The number of fused-ring (bicyclic) bond motifs is 2. The molecule has 19 heavy (non-hydrogen) atoms. The molecule has 96 valence electrons. The van der Waals surface area contributed by atoms with Crippen LogP contribution in [-0.2, 0) is 4.79 Å². The van der Waals surface area contributed by atoms with Crippen LogP contribution in [0.3, 0.4) is 0 Å². The highest BCUT2D eigenvalue weighted by atomic mass is 16.5. The van der Waals surface area contributed by atoms with Gasteiger partial charge in [0, 0.05) is 23.5 Å². The maximum atomic E-state index is 10.8. The second-order valence-electron chi connectivity index (χ2n) is 4.66. The van der Waals surface area contributed by atoms with E-state index in [0.717, 1.165) is 22.6 Å². The first-order valence-corrected chi connectivity index (χ1v) is 6.33. The zero-order chi connectivity index (χ0) is 13.2. The Hall–Kier alpha value is -2.29. The van der Waals surface area contributed by atoms with Gasteiger partial charge in [-0.2, -0.15) is 0 Å². The van der Waals surface area contributed by atoms with Crippen molar-refractivity contribution >= 4 is 5.97 Å². The Morgan fingerprint density at radius 3 is 2.05 bits per heavy atom. The monoisotopic (exact) mass is 254 g/mol. The Balaban J connectivity index is 2.03. The van der Waals surface area contributed by atoms with Crippen molar-refractivity contribution in [1.29, 1.82) is 0 Å². The van der Waals surface area contributed by atoms with E-state index in [0.29, 0.717) is 6.42 Å². The molecule has 0 fully saturated rings. The third-order valence-corrected chi connectivity index (χ3v) is 3.46. The van der Waals surface area contributed by atoms with Crippen molar-refractivity contribution in [3.8, 4) is 11.5 Å². The van der Waals surface area contributed by atoms with Gasteiger partial charge in [0.2, 0.25) is 0 Å². The molecule has 0 unspecified atom stereocenters. The van der Waals surface area contributed by atoms with Gasteiger partial charge in [-0.15, -0.1) is 0 Å². The lowest BCUT2D eigenvalue weighted by Gasteiger charge is -2.27. The molecule has 3 nitrogen and oxygen atoms in total. The van der Waals surface area contributed by atoms with Gasteiger partial charge >= 0.3 is 5.97 Å². The molecule has 1 N–H and O–H groups in total. The molecule has 0 bridgehead atoms. The largest absolute Gasteiger partial charge is 0.481 e. The molecule has 0 amide bonds. The molecule has 3 heteroatoms. The molecule has 1 heterocycles. The number of carbonyl (C=O) groups is 1. The molecular weight excluding hydrogens is 240 g/mol. The van der Waals surface area contributed by atoms with E-state index in [4.69, 9.17) is 9.84 Å². The van der Waals surface area contributed by atoms with E-state index in [1.807, 2.05) is 48.5 Å². The highest BCUT2D eigenvalue weighted by molar-refractivity contribution is 5.67. The van der Waals surface area contributed by atoms with Crippen LogP contribution in [0.4, 0.5) is 0 Å². The Morgan fingerprint density at radius 1 is 1.00 bits per heavy atom. The van der Waals surface area contributed by atoms with Crippen LogP contribution in [0, 0.1) is 0 Å². The second-order valence-corrected chi connectivity index (χ2v) is 4.66. The molecule has 0 aromatic heterocycles. The fraction of sp³-hybridized carbons (Fsp3) is 0.188. The summed E-state index contributed by atoms with van der Waals surface area (Å²) in [5, 5.41) is 8.91. The summed E-state index contributed by atoms with van der Waals surface area (Å²) in [5.74, 6) is 0.992. The highest BCUT2D eigenvalue weighted by Gasteiger charge is 2.26. The lowest BCUT2D eigenvalue weighted by Crippen LogP contribution is -2.11. The number of para-hydroxylation sites is 2. The number of ether oxygens (including phenoxy) is 1. The van der Waals surface area contributed by atoms with Crippen molar-refractivity contribution in [1.82, 2.24) is 0 Å². The topological polar surface area (TPSA) is 46.5 Å². The van der Waals surface area contributed by atoms with Crippen molar-refractivity contribution in [2.45, 2.75) is 18.8 Å². The number of carboxylic acid groups (broad SMARTS) is 1. The fourth-order valence-corrected chi connectivity index (χ4v) is 2.59. The smallest absolute Gasteiger partial charge is 0.303 e. The van der Waals surface area contributed by atoms with Crippen LogP contribution in [0.5, 0.6) is 11.5 Å². The third-order valence-electron chi connectivity index (χ3n) is 3.46. The van der Waals surface area contributed by atoms with Gasteiger partial charge < -0.3 is 9.84 Å². The zero-order valence-corrected chi connectivity index (χ0v) is 10.4. The minimum atomic E-state index is -0.763. The summed E-state index contributed by atoms with van der Waals surface area (Å²) in [6, 6.07) is 15.7. The molecule has 0 saturated heterocycles. The van der Waals surface area contributed by atoms with Crippen molar-refractivity contribution in [2.75, 3.05) is 0 Å². The van der Waals surface area contributed by atoms with E-state index in [1.54, 1.807) is 0 Å². The average Bonchev–Trinajstić information content (AvgIpc) is 2.43. The minimum Gasteiger partial charge on any atom is -0.481 e. The summed E-state index contributed by atoms with van der Waals surface area (Å²) >= 11 is 0.